The van der Waals surface area contributed by atoms with Gasteiger partial charge in [0.1, 0.15) is 0 Å². The fraction of sp³-hybridized carbons (Fsp3) is 1.00. The van der Waals surface area contributed by atoms with Crippen LogP contribution in [0.5, 0.6) is 0 Å². The third kappa shape index (κ3) is 2.81. The molecule has 1 saturated heterocycles. The molecule has 1 aliphatic heterocycles. The summed E-state index contributed by atoms with van der Waals surface area (Å²) < 4.78 is 11.6. The van der Waals surface area contributed by atoms with Gasteiger partial charge in [0.05, 0.1) is 11.6 Å². The van der Waals surface area contributed by atoms with Crippen molar-refractivity contribution in [1.82, 2.24) is 5.43 Å². The fourth-order valence-corrected chi connectivity index (χ4v) is 3.57. The van der Waals surface area contributed by atoms with Crippen molar-refractivity contribution < 1.29 is 9.47 Å². The van der Waals surface area contributed by atoms with E-state index >= 15 is 0 Å². The average Bonchev–Trinajstić information content (AvgIpc) is 2.81. The third-order valence-corrected chi connectivity index (χ3v) is 4.37. The lowest BCUT2D eigenvalue weighted by atomic mass is 9.79. The third-order valence-electron chi connectivity index (χ3n) is 4.37. The molecule has 17 heavy (non-hydrogen) atoms. The summed E-state index contributed by atoms with van der Waals surface area (Å²) in [6.07, 6.45) is 7.02. The molecule has 1 saturated carbocycles. The number of hydrogen-bond donors (Lipinski definition) is 2. The minimum atomic E-state index is -0.0223. The van der Waals surface area contributed by atoms with Gasteiger partial charge in [-0.05, 0) is 38.5 Å². The number of ether oxygens (including phenoxy) is 2. The predicted octanol–water partition coefficient (Wildman–Crippen LogP) is 1.59. The monoisotopic (exact) mass is 242 g/mol. The zero-order valence-electron chi connectivity index (χ0n) is 10.9. The van der Waals surface area contributed by atoms with Gasteiger partial charge in [-0.1, -0.05) is 12.8 Å². The van der Waals surface area contributed by atoms with E-state index in [4.69, 9.17) is 15.3 Å². The molecule has 1 atom stereocenters. The average molecular weight is 242 g/mol. The van der Waals surface area contributed by atoms with Gasteiger partial charge >= 0.3 is 0 Å². The fourth-order valence-electron chi connectivity index (χ4n) is 3.57. The van der Waals surface area contributed by atoms with E-state index in [1.54, 1.807) is 0 Å². The van der Waals surface area contributed by atoms with E-state index in [0.717, 1.165) is 45.5 Å². The SMILES string of the molecule is CCOC1(C(NN)C2CCOCC2)CCCC1. The first-order chi connectivity index (χ1) is 8.32. The molecule has 1 heterocycles. The van der Waals surface area contributed by atoms with Gasteiger partial charge in [-0.25, -0.2) is 0 Å². The molecule has 0 radical (unpaired) electrons. The second-order valence-corrected chi connectivity index (χ2v) is 5.30. The van der Waals surface area contributed by atoms with E-state index < -0.39 is 0 Å². The quantitative estimate of drug-likeness (QED) is 0.568. The van der Waals surface area contributed by atoms with Crippen molar-refractivity contribution in [2.24, 2.45) is 11.8 Å². The molecular formula is C13H26N2O2. The predicted molar refractivity (Wildman–Crippen MR) is 67.5 cm³/mol. The maximum atomic E-state index is 6.11. The zero-order valence-corrected chi connectivity index (χ0v) is 10.9. The van der Waals surface area contributed by atoms with Crippen molar-refractivity contribution >= 4 is 0 Å². The number of hydrogen-bond acceptors (Lipinski definition) is 4. The Labute approximate surface area is 104 Å². The molecule has 0 amide bonds. The van der Waals surface area contributed by atoms with Crippen LogP contribution in [0, 0.1) is 5.92 Å². The van der Waals surface area contributed by atoms with E-state index in [2.05, 4.69) is 12.3 Å². The van der Waals surface area contributed by atoms with Crippen LogP contribution in [0.4, 0.5) is 0 Å². The summed E-state index contributed by atoms with van der Waals surface area (Å²) in [5.74, 6) is 6.42. The van der Waals surface area contributed by atoms with Gasteiger partial charge in [-0.3, -0.25) is 11.3 Å². The van der Waals surface area contributed by atoms with E-state index in [1.807, 2.05) is 0 Å². The summed E-state index contributed by atoms with van der Waals surface area (Å²) in [4.78, 5) is 0. The zero-order chi connectivity index (χ0) is 12.1. The van der Waals surface area contributed by atoms with E-state index in [0.29, 0.717) is 5.92 Å². The number of nitrogens with two attached hydrogens (primary N) is 1. The van der Waals surface area contributed by atoms with Gasteiger partial charge in [0.15, 0.2) is 0 Å². The molecule has 4 nitrogen and oxygen atoms in total. The molecule has 4 heteroatoms. The first kappa shape index (κ1) is 13.3. The van der Waals surface area contributed by atoms with Crippen LogP contribution in [-0.2, 0) is 9.47 Å². The first-order valence-corrected chi connectivity index (χ1v) is 7.00. The first-order valence-electron chi connectivity index (χ1n) is 7.00. The molecular weight excluding hydrogens is 216 g/mol. The molecule has 0 bridgehead atoms. The second-order valence-electron chi connectivity index (χ2n) is 5.30. The Hall–Kier alpha value is -0.160. The van der Waals surface area contributed by atoms with Crippen LogP contribution >= 0.6 is 0 Å². The number of hydrazine groups is 1. The molecule has 0 aromatic rings. The van der Waals surface area contributed by atoms with Crippen LogP contribution in [0.1, 0.15) is 45.4 Å². The molecule has 2 rings (SSSR count). The van der Waals surface area contributed by atoms with Crippen molar-refractivity contribution in [3.63, 3.8) is 0 Å². The largest absolute Gasteiger partial charge is 0.381 e. The van der Waals surface area contributed by atoms with Crippen LogP contribution in [0.3, 0.4) is 0 Å². The van der Waals surface area contributed by atoms with Gasteiger partial charge in [0, 0.05) is 19.8 Å². The Morgan fingerprint density at radius 2 is 2.00 bits per heavy atom. The Balaban J connectivity index is 2.07. The molecule has 2 aliphatic rings. The number of rotatable bonds is 5. The molecule has 1 unspecified atom stereocenters. The number of nitrogens with one attached hydrogen (secondary N) is 1. The lowest BCUT2D eigenvalue weighted by molar-refractivity contribution is -0.0874. The second kappa shape index (κ2) is 6.14. The summed E-state index contributed by atoms with van der Waals surface area (Å²) in [7, 11) is 0. The highest BCUT2D eigenvalue weighted by atomic mass is 16.5. The topological polar surface area (TPSA) is 56.5 Å². The van der Waals surface area contributed by atoms with Crippen LogP contribution < -0.4 is 11.3 Å². The minimum absolute atomic E-state index is 0.0223. The Morgan fingerprint density at radius 3 is 2.53 bits per heavy atom. The van der Waals surface area contributed by atoms with Gasteiger partial charge in [0.2, 0.25) is 0 Å². The van der Waals surface area contributed by atoms with Crippen molar-refractivity contribution in [2.75, 3.05) is 19.8 Å². The lowest BCUT2D eigenvalue weighted by Gasteiger charge is -2.42. The van der Waals surface area contributed by atoms with Crippen molar-refractivity contribution in [3.8, 4) is 0 Å². The Kier molecular flexibility index (Phi) is 4.79. The molecule has 1 aliphatic carbocycles. The van der Waals surface area contributed by atoms with Gasteiger partial charge in [-0.2, -0.15) is 0 Å². The maximum Gasteiger partial charge on any atom is 0.0850 e. The van der Waals surface area contributed by atoms with Crippen molar-refractivity contribution in [3.05, 3.63) is 0 Å². The molecule has 3 N–H and O–H groups in total. The van der Waals surface area contributed by atoms with E-state index in [1.165, 1.54) is 12.8 Å². The van der Waals surface area contributed by atoms with Crippen LogP contribution in [0.15, 0.2) is 0 Å². The molecule has 100 valence electrons. The van der Waals surface area contributed by atoms with Crippen molar-refractivity contribution in [1.29, 1.82) is 0 Å². The van der Waals surface area contributed by atoms with Gasteiger partial charge < -0.3 is 9.47 Å². The van der Waals surface area contributed by atoms with E-state index in [9.17, 15) is 0 Å². The summed E-state index contributed by atoms with van der Waals surface area (Å²) in [5, 5.41) is 0. The van der Waals surface area contributed by atoms with Crippen LogP contribution in [0.2, 0.25) is 0 Å². The van der Waals surface area contributed by atoms with Gasteiger partial charge in [-0.15, -0.1) is 0 Å². The normalized spacial score (nSPS) is 27.2. The highest BCUT2D eigenvalue weighted by Crippen LogP contribution is 2.40. The summed E-state index contributed by atoms with van der Waals surface area (Å²) in [5.41, 5.74) is 3.04. The molecule has 0 aromatic heterocycles. The Morgan fingerprint density at radius 1 is 1.35 bits per heavy atom. The maximum absolute atomic E-state index is 6.11. The smallest absolute Gasteiger partial charge is 0.0850 e. The van der Waals surface area contributed by atoms with Crippen molar-refractivity contribution in [2.45, 2.75) is 57.1 Å². The summed E-state index contributed by atoms with van der Waals surface area (Å²) in [6, 6.07) is 0.286. The molecule has 0 aromatic carbocycles. The highest BCUT2D eigenvalue weighted by molar-refractivity contribution is 4.99. The highest BCUT2D eigenvalue weighted by Gasteiger charge is 2.45. The lowest BCUT2D eigenvalue weighted by Crippen LogP contribution is -2.58. The molecule has 2 fully saturated rings. The van der Waals surface area contributed by atoms with Crippen LogP contribution in [0.25, 0.3) is 0 Å². The van der Waals surface area contributed by atoms with Gasteiger partial charge in [0.25, 0.3) is 0 Å². The minimum Gasteiger partial charge on any atom is -0.381 e. The summed E-state index contributed by atoms with van der Waals surface area (Å²) >= 11 is 0. The van der Waals surface area contributed by atoms with Crippen LogP contribution in [-0.4, -0.2) is 31.5 Å². The standard InChI is InChI=1S/C13H26N2O2/c1-2-17-13(7-3-4-8-13)12(15-14)11-5-9-16-10-6-11/h11-12,15H,2-10,14H2,1H3. The van der Waals surface area contributed by atoms with E-state index in [-0.39, 0.29) is 11.6 Å². The Bertz CT molecular complexity index is 223. The molecule has 0 spiro atoms. The summed E-state index contributed by atoms with van der Waals surface area (Å²) in [6.45, 7) is 4.59.